The molecule has 1 N–H and O–H groups in total. The van der Waals surface area contributed by atoms with Crippen LogP contribution in [0, 0.1) is 12.8 Å². The lowest BCUT2D eigenvalue weighted by molar-refractivity contribution is 0.0730. The molecular weight excluding hydrogens is 408 g/mol. The number of aryl methyl sites for hydroxylation is 2. The van der Waals surface area contributed by atoms with Gasteiger partial charge in [0, 0.05) is 23.7 Å². The maximum absolute atomic E-state index is 12.9. The summed E-state index contributed by atoms with van der Waals surface area (Å²) in [6.07, 6.45) is 3.21. The Balaban J connectivity index is 1.56. The van der Waals surface area contributed by atoms with Crippen molar-refractivity contribution in [2.75, 3.05) is 31.6 Å². The van der Waals surface area contributed by atoms with E-state index in [-0.39, 0.29) is 10.8 Å². The van der Waals surface area contributed by atoms with E-state index >= 15 is 0 Å². The highest BCUT2D eigenvalue weighted by atomic mass is 32.2. The van der Waals surface area contributed by atoms with Crippen molar-refractivity contribution >= 4 is 33.0 Å². The molecule has 0 radical (unpaired) electrons. The third kappa shape index (κ3) is 4.26. The first-order valence-corrected chi connectivity index (χ1v) is 12.2. The lowest BCUT2D eigenvalue weighted by Gasteiger charge is -2.26. The van der Waals surface area contributed by atoms with Crippen LogP contribution in [-0.4, -0.2) is 44.9 Å². The number of benzene rings is 1. The Bertz CT molecular complexity index is 1020. The highest BCUT2D eigenvalue weighted by molar-refractivity contribution is 7.89. The molecule has 0 spiro atoms. The fraction of sp³-hybridized carbons (Fsp3) is 0.476. The second-order valence-corrected chi connectivity index (χ2v) is 10.9. The second kappa shape index (κ2) is 8.18. The van der Waals surface area contributed by atoms with Crippen molar-refractivity contribution in [2.45, 2.75) is 38.0 Å². The molecule has 6 nitrogen and oxygen atoms in total. The number of morpholine rings is 1. The van der Waals surface area contributed by atoms with Crippen molar-refractivity contribution < 1.29 is 17.9 Å². The maximum atomic E-state index is 12.9. The molecule has 2 heterocycles. The summed E-state index contributed by atoms with van der Waals surface area (Å²) < 4.78 is 32.5. The molecule has 4 rings (SSSR count). The summed E-state index contributed by atoms with van der Waals surface area (Å²) >= 11 is 1.55. The highest BCUT2D eigenvalue weighted by Gasteiger charge is 2.27. The molecule has 1 aromatic carbocycles. The van der Waals surface area contributed by atoms with Crippen molar-refractivity contribution in [1.29, 1.82) is 0 Å². The maximum Gasteiger partial charge on any atom is 0.265 e. The normalized spacial score (nSPS) is 20.3. The van der Waals surface area contributed by atoms with Crippen molar-refractivity contribution in [3.8, 4) is 0 Å². The van der Waals surface area contributed by atoms with Gasteiger partial charge in [-0.1, -0.05) is 13.0 Å². The van der Waals surface area contributed by atoms with Crippen molar-refractivity contribution in [3.05, 3.63) is 45.1 Å². The predicted octanol–water partition coefficient (Wildman–Crippen LogP) is 3.45. The number of anilines is 1. The summed E-state index contributed by atoms with van der Waals surface area (Å²) in [5.74, 6) is 0.471. The summed E-state index contributed by atoms with van der Waals surface area (Å²) in [5.41, 5.74) is 2.64. The number of amides is 1. The van der Waals surface area contributed by atoms with E-state index in [1.54, 1.807) is 29.5 Å². The molecule has 1 unspecified atom stereocenters. The van der Waals surface area contributed by atoms with E-state index in [1.165, 1.54) is 14.7 Å². The molecule has 1 atom stereocenters. The molecule has 1 aliphatic heterocycles. The Morgan fingerprint density at radius 2 is 2.00 bits per heavy atom. The van der Waals surface area contributed by atoms with Crippen LogP contribution in [0.4, 0.5) is 5.69 Å². The molecule has 2 aliphatic rings. The van der Waals surface area contributed by atoms with Crippen LogP contribution in [0.3, 0.4) is 0 Å². The number of rotatable bonds is 4. The van der Waals surface area contributed by atoms with Crippen molar-refractivity contribution in [1.82, 2.24) is 4.31 Å². The quantitative estimate of drug-likeness (QED) is 0.800. The molecule has 1 amide bonds. The van der Waals surface area contributed by atoms with E-state index in [9.17, 15) is 13.2 Å². The van der Waals surface area contributed by atoms with Gasteiger partial charge in [0.15, 0.2) is 0 Å². The molecule has 156 valence electrons. The Hall–Kier alpha value is -1.74. The number of nitrogens with zero attached hydrogens (tertiary/aromatic N) is 1. The molecule has 0 saturated carbocycles. The van der Waals surface area contributed by atoms with Gasteiger partial charge in [-0.25, -0.2) is 8.42 Å². The van der Waals surface area contributed by atoms with E-state index in [4.69, 9.17) is 4.74 Å². The summed E-state index contributed by atoms with van der Waals surface area (Å²) in [5, 5.41) is 2.93. The first-order chi connectivity index (χ1) is 13.8. The number of hydrogen-bond donors (Lipinski definition) is 1. The molecule has 1 aliphatic carbocycles. The van der Waals surface area contributed by atoms with Gasteiger partial charge in [-0.15, -0.1) is 11.3 Å². The van der Waals surface area contributed by atoms with Crippen LogP contribution in [0.1, 0.15) is 39.0 Å². The van der Waals surface area contributed by atoms with Crippen LogP contribution >= 0.6 is 11.3 Å². The Morgan fingerprint density at radius 3 is 2.76 bits per heavy atom. The molecule has 1 fully saturated rings. The van der Waals surface area contributed by atoms with Gasteiger partial charge in [0.05, 0.1) is 23.0 Å². The number of nitrogens with one attached hydrogen (secondary N) is 1. The molecule has 8 heteroatoms. The molecule has 1 saturated heterocycles. The van der Waals surface area contributed by atoms with Gasteiger partial charge in [-0.3, -0.25) is 4.79 Å². The zero-order chi connectivity index (χ0) is 20.6. The van der Waals surface area contributed by atoms with Crippen LogP contribution in [0.5, 0.6) is 0 Å². The number of thiophene rings is 1. The average Bonchev–Trinajstić information content (AvgIpc) is 3.13. The van der Waals surface area contributed by atoms with Gasteiger partial charge >= 0.3 is 0 Å². The molecule has 29 heavy (non-hydrogen) atoms. The van der Waals surface area contributed by atoms with Gasteiger partial charge in [0.1, 0.15) is 0 Å². The fourth-order valence-electron chi connectivity index (χ4n) is 3.83. The SMILES string of the molecule is Cc1ccc(S(=O)(=O)N2CCOCC2)cc1NC(=O)c1cc2c(s1)CCC(C)C2. The first-order valence-electron chi connectivity index (χ1n) is 9.96. The lowest BCUT2D eigenvalue weighted by Crippen LogP contribution is -2.40. The summed E-state index contributed by atoms with van der Waals surface area (Å²) in [7, 11) is -3.61. The lowest BCUT2D eigenvalue weighted by atomic mass is 9.90. The monoisotopic (exact) mass is 434 g/mol. The van der Waals surface area contributed by atoms with Gasteiger partial charge in [0.2, 0.25) is 10.0 Å². The zero-order valence-electron chi connectivity index (χ0n) is 16.7. The minimum Gasteiger partial charge on any atom is -0.379 e. The number of carbonyl (C=O) groups is 1. The van der Waals surface area contributed by atoms with Crippen LogP contribution < -0.4 is 5.32 Å². The van der Waals surface area contributed by atoms with Crippen molar-refractivity contribution in [2.24, 2.45) is 5.92 Å². The van der Waals surface area contributed by atoms with E-state index in [0.717, 1.165) is 24.8 Å². The zero-order valence-corrected chi connectivity index (χ0v) is 18.4. The molecular formula is C21H26N2O4S2. The van der Waals surface area contributed by atoms with E-state index < -0.39 is 10.0 Å². The number of ether oxygens (including phenoxy) is 1. The topological polar surface area (TPSA) is 75.7 Å². The van der Waals surface area contributed by atoms with Crippen molar-refractivity contribution in [3.63, 3.8) is 0 Å². The van der Waals surface area contributed by atoms with Crippen LogP contribution in [0.25, 0.3) is 0 Å². The van der Waals surface area contributed by atoms with Gasteiger partial charge in [-0.05, 0) is 61.4 Å². The van der Waals surface area contributed by atoms with E-state index in [2.05, 4.69) is 12.2 Å². The number of sulfonamides is 1. The van der Waals surface area contributed by atoms with Crippen LogP contribution in [-0.2, 0) is 27.6 Å². The molecule has 1 aromatic heterocycles. The third-order valence-electron chi connectivity index (χ3n) is 5.62. The number of carbonyl (C=O) groups excluding carboxylic acids is 1. The standard InChI is InChI=1S/C21H26N2O4S2/c1-14-3-6-19-16(11-14)12-20(28-19)21(24)22-18-13-17(5-4-15(18)2)29(25,26)23-7-9-27-10-8-23/h4-5,12-14H,3,6-11H2,1-2H3,(H,22,24). The van der Waals surface area contributed by atoms with E-state index in [1.807, 2.05) is 13.0 Å². The Labute approximate surface area is 175 Å². The second-order valence-electron chi connectivity index (χ2n) is 7.85. The van der Waals surface area contributed by atoms with Gasteiger partial charge in [0.25, 0.3) is 5.91 Å². The Kier molecular flexibility index (Phi) is 5.79. The summed E-state index contributed by atoms with van der Waals surface area (Å²) in [6, 6.07) is 6.90. The Morgan fingerprint density at radius 1 is 1.24 bits per heavy atom. The predicted molar refractivity (Wildman–Crippen MR) is 114 cm³/mol. The minimum atomic E-state index is -3.61. The third-order valence-corrected chi connectivity index (χ3v) is 8.75. The molecule has 0 bridgehead atoms. The van der Waals surface area contributed by atoms with Gasteiger partial charge < -0.3 is 10.1 Å². The largest absolute Gasteiger partial charge is 0.379 e. The average molecular weight is 435 g/mol. The number of hydrogen-bond acceptors (Lipinski definition) is 5. The van der Waals surface area contributed by atoms with E-state index in [0.29, 0.717) is 42.8 Å². The van der Waals surface area contributed by atoms with Gasteiger partial charge in [-0.2, -0.15) is 4.31 Å². The smallest absolute Gasteiger partial charge is 0.265 e. The van der Waals surface area contributed by atoms with Crippen LogP contribution in [0.2, 0.25) is 0 Å². The highest BCUT2D eigenvalue weighted by Crippen LogP contribution is 2.33. The summed E-state index contributed by atoms with van der Waals surface area (Å²) in [4.78, 5) is 15.0. The fourth-order valence-corrected chi connectivity index (χ4v) is 6.37. The first kappa shape index (κ1) is 20.5. The summed E-state index contributed by atoms with van der Waals surface area (Å²) in [6.45, 7) is 5.59. The van der Waals surface area contributed by atoms with Crippen LogP contribution in [0.15, 0.2) is 29.2 Å². The number of fused-ring (bicyclic) bond motifs is 1. The molecule has 2 aromatic rings. The minimum absolute atomic E-state index is 0.180.